The Labute approximate surface area is 332 Å². The number of rotatable bonds is 16. The van der Waals surface area contributed by atoms with E-state index >= 15 is 0 Å². The minimum atomic E-state index is -0.729. The van der Waals surface area contributed by atoms with Crippen molar-refractivity contribution < 1.29 is 43.2 Å². The zero-order chi connectivity index (χ0) is 36.3. The van der Waals surface area contributed by atoms with Crippen LogP contribution in [0.15, 0.2) is 57.5 Å². The molecule has 2 heterocycles. The van der Waals surface area contributed by atoms with Crippen LogP contribution < -0.4 is 19.1 Å². The maximum absolute atomic E-state index is 11.7. The summed E-state index contributed by atoms with van der Waals surface area (Å²) in [5, 5.41) is 11.1. The van der Waals surface area contributed by atoms with Crippen LogP contribution in [0.1, 0.15) is 71.6 Å². The van der Waals surface area contributed by atoms with Crippen molar-refractivity contribution in [1.82, 2.24) is 9.66 Å². The van der Waals surface area contributed by atoms with Crippen LogP contribution in [0.5, 0.6) is 11.5 Å². The third kappa shape index (κ3) is 24.2. The Kier molecular flexibility index (Phi) is 29.4. The summed E-state index contributed by atoms with van der Waals surface area (Å²) < 4.78 is 25.2. The lowest BCUT2D eigenvalue weighted by Crippen LogP contribution is -2.37. The molecule has 2 aliphatic heterocycles. The van der Waals surface area contributed by atoms with E-state index in [0.717, 1.165) is 74.3 Å². The summed E-state index contributed by atoms with van der Waals surface area (Å²) in [6, 6.07) is 14.8. The van der Waals surface area contributed by atoms with Gasteiger partial charge in [0.1, 0.15) is 23.6 Å². The number of ether oxygens (including phenoxy) is 4. The molecular formula is C33H45Br3N2O9S3. The van der Waals surface area contributed by atoms with Gasteiger partial charge < -0.3 is 29.4 Å². The van der Waals surface area contributed by atoms with Gasteiger partial charge in [0, 0.05) is 82.0 Å². The van der Waals surface area contributed by atoms with Crippen LogP contribution in [-0.2, 0) is 59.9 Å². The first kappa shape index (κ1) is 48.0. The van der Waals surface area contributed by atoms with E-state index in [9.17, 15) is 19.2 Å². The monoisotopic (exact) mass is 946 g/mol. The molecule has 280 valence electrons. The fraction of sp³-hybridized carbons (Fsp3) is 0.515. The Morgan fingerprint density at radius 3 is 1.64 bits per heavy atom. The number of carbonyl (C=O) groups is 4. The van der Waals surface area contributed by atoms with E-state index in [1.165, 1.54) is 0 Å². The molecule has 0 bridgehead atoms. The lowest BCUT2D eigenvalue weighted by molar-refractivity contribution is -0.141. The summed E-state index contributed by atoms with van der Waals surface area (Å²) in [7, 11) is 0.917. The largest absolute Gasteiger partial charge is 0.494 e. The van der Waals surface area contributed by atoms with Crippen LogP contribution in [0.4, 0.5) is 0 Å². The Balaban J connectivity index is 0.000000747. The molecule has 2 saturated heterocycles. The maximum atomic E-state index is 11.7. The SMILES string of the molecule is C.O=C(CCCCCOc1cccc(Br)c1)N[C@H]1CCOC1=O.O=C(O)CCCCCOc1cccc(Br)c1.O=C1OCC[C@@H]1NBr.S=S=S. The van der Waals surface area contributed by atoms with Crippen LogP contribution in [0.3, 0.4) is 0 Å². The average molecular weight is 950 g/mol. The molecule has 0 spiro atoms. The summed E-state index contributed by atoms with van der Waals surface area (Å²) in [4.78, 5) is 43.7. The Hall–Kier alpha value is -2.02. The van der Waals surface area contributed by atoms with Gasteiger partial charge in [-0.15, -0.1) is 0 Å². The summed E-state index contributed by atoms with van der Waals surface area (Å²) in [5.41, 5.74) is 0. The number of hydrogen-bond donors (Lipinski definition) is 3. The zero-order valence-corrected chi connectivity index (χ0v) is 34.0. The third-order valence-corrected chi connectivity index (χ3v) is 8.09. The molecule has 3 N–H and O–H groups in total. The number of cyclic esters (lactones) is 2. The lowest BCUT2D eigenvalue weighted by atomic mass is 10.1. The number of unbranched alkanes of at least 4 members (excludes halogenated alkanes) is 4. The van der Waals surface area contributed by atoms with Gasteiger partial charge in [0.25, 0.3) is 0 Å². The molecule has 1 amide bonds. The van der Waals surface area contributed by atoms with E-state index in [0.29, 0.717) is 39.3 Å². The van der Waals surface area contributed by atoms with Gasteiger partial charge in [-0.25, -0.2) is 9.14 Å². The van der Waals surface area contributed by atoms with E-state index in [4.69, 9.17) is 19.3 Å². The van der Waals surface area contributed by atoms with Crippen LogP contribution in [-0.4, -0.2) is 67.4 Å². The van der Waals surface area contributed by atoms with Crippen LogP contribution >= 0.6 is 48.0 Å². The maximum Gasteiger partial charge on any atom is 0.328 e. The van der Waals surface area contributed by atoms with Gasteiger partial charge in [0.2, 0.25) is 5.91 Å². The van der Waals surface area contributed by atoms with Gasteiger partial charge in [0.15, 0.2) is 0 Å². The number of halogens is 3. The average Bonchev–Trinajstić information content (AvgIpc) is 3.68. The standard InChI is InChI=1S/C16H20BrNO4.C12H15BrO3.C4H6BrNO2.CH4.S3/c17-12-5-4-6-13(11-12)21-9-3-1-2-7-15(19)18-14-8-10-22-16(14)20;13-10-5-4-6-11(9-10)16-8-3-1-2-7-12(14)15;5-6-3-1-2-8-4(3)7;;1-3-2/h4-6,11,14H,1-3,7-10H2,(H,18,19);4-6,9H,1-3,7-8H2,(H,14,15);3,6H,1-2H2;1H4;/t14-;;3-;;/m0.0../s1. The predicted octanol–water partition coefficient (Wildman–Crippen LogP) is 7.12. The molecule has 50 heavy (non-hydrogen) atoms. The van der Waals surface area contributed by atoms with Gasteiger partial charge in [-0.3, -0.25) is 14.4 Å². The summed E-state index contributed by atoms with van der Waals surface area (Å²) in [6.07, 6.45) is 7.11. The number of carboxylic acids is 1. The number of hydrogen-bond acceptors (Lipinski definition) is 11. The van der Waals surface area contributed by atoms with Crippen molar-refractivity contribution in [2.75, 3.05) is 26.4 Å². The van der Waals surface area contributed by atoms with Crippen molar-refractivity contribution in [2.45, 2.75) is 83.7 Å². The molecule has 2 atom stereocenters. The number of aliphatic carboxylic acids is 1. The summed E-state index contributed by atoms with van der Waals surface area (Å²) in [5.74, 6) is 0.377. The summed E-state index contributed by atoms with van der Waals surface area (Å²) in [6.45, 7) is 2.21. The van der Waals surface area contributed by atoms with Crippen molar-refractivity contribution in [1.29, 1.82) is 0 Å². The minimum Gasteiger partial charge on any atom is -0.494 e. The molecule has 0 saturated carbocycles. The van der Waals surface area contributed by atoms with Crippen LogP contribution in [0, 0.1) is 0 Å². The topological polar surface area (TPSA) is 149 Å². The van der Waals surface area contributed by atoms with E-state index in [1.54, 1.807) is 0 Å². The molecule has 2 aromatic carbocycles. The molecule has 0 aliphatic carbocycles. The highest BCUT2D eigenvalue weighted by molar-refractivity contribution is 9.10. The van der Waals surface area contributed by atoms with E-state index < -0.39 is 12.0 Å². The second kappa shape index (κ2) is 30.6. The second-order valence-electron chi connectivity index (χ2n) is 10.4. The van der Waals surface area contributed by atoms with Gasteiger partial charge in [-0.2, -0.15) is 0 Å². The molecule has 4 rings (SSSR count). The number of esters is 2. The molecule has 0 unspecified atom stereocenters. The van der Waals surface area contributed by atoms with Crippen LogP contribution in [0.25, 0.3) is 0 Å². The molecule has 0 aromatic heterocycles. The number of benzene rings is 2. The highest BCUT2D eigenvalue weighted by atomic mass is 79.9. The van der Waals surface area contributed by atoms with Gasteiger partial charge in [-0.05, 0) is 74.9 Å². The van der Waals surface area contributed by atoms with Crippen LogP contribution in [0.2, 0.25) is 0 Å². The quantitative estimate of drug-likeness (QED) is 0.0894. The van der Waals surface area contributed by atoms with Crippen molar-refractivity contribution in [3.8, 4) is 11.5 Å². The van der Waals surface area contributed by atoms with Crippen molar-refractivity contribution in [2.24, 2.45) is 0 Å². The first-order valence-electron chi connectivity index (χ1n) is 15.5. The van der Waals surface area contributed by atoms with Crippen molar-refractivity contribution in [3.63, 3.8) is 0 Å². The number of carboxylic acid groups (broad SMARTS) is 1. The number of amides is 1. The Morgan fingerprint density at radius 2 is 1.26 bits per heavy atom. The zero-order valence-electron chi connectivity index (χ0n) is 26.7. The molecule has 2 aliphatic rings. The molecule has 11 nitrogen and oxygen atoms in total. The van der Waals surface area contributed by atoms with Gasteiger partial charge in [-0.1, -0.05) is 51.4 Å². The Morgan fingerprint density at radius 1 is 0.800 bits per heavy atom. The molecular weight excluding hydrogens is 904 g/mol. The molecule has 2 aromatic rings. The molecule has 17 heteroatoms. The van der Waals surface area contributed by atoms with E-state index in [2.05, 4.69) is 84.8 Å². The fourth-order valence-electron chi connectivity index (χ4n) is 4.10. The number of carbonyl (C=O) groups excluding carboxylic acids is 3. The number of nitrogens with one attached hydrogen (secondary N) is 2. The molecule has 2 fully saturated rings. The smallest absolute Gasteiger partial charge is 0.328 e. The van der Waals surface area contributed by atoms with Gasteiger partial charge >= 0.3 is 17.9 Å². The van der Waals surface area contributed by atoms with Gasteiger partial charge in [0.05, 0.1) is 26.4 Å². The van der Waals surface area contributed by atoms with Crippen molar-refractivity contribution >= 4 is 103 Å². The van der Waals surface area contributed by atoms with E-state index in [-0.39, 0.29) is 37.7 Å². The summed E-state index contributed by atoms with van der Waals surface area (Å²) >= 11 is 18.0. The minimum absolute atomic E-state index is 0. The normalized spacial score (nSPS) is 15.5. The highest BCUT2D eigenvalue weighted by Crippen LogP contribution is 2.19. The third-order valence-electron chi connectivity index (χ3n) is 6.55. The Bertz CT molecular complexity index is 1340. The first-order valence-corrected chi connectivity index (χ1v) is 20.5. The highest BCUT2D eigenvalue weighted by Gasteiger charge is 2.27. The van der Waals surface area contributed by atoms with Crippen molar-refractivity contribution in [3.05, 3.63) is 57.5 Å². The second-order valence-corrected chi connectivity index (χ2v) is 14.4. The predicted molar refractivity (Wildman–Crippen MR) is 212 cm³/mol. The fourth-order valence-corrected chi connectivity index (χ4v) is 5.27. The first-order chi connectivity index (χ1) is 23.6. The van der Waals surface area contributed by atoms with E-state index in [1.807, 2.05) is 48.5 Å². The molecule has 0 radical (unpaired) electrons. The lowest BCUT2D eigenvalue weighted by Gasteiger charge is -2.09.